The summed E-state index contributed by atoms with van der Waals surface area (Å²) < 4.78 is 4.94. The molecule has 1 aromatic rings. The van der Waals surface area contributed by atoms with E-state index in [-0.39, 0.29) is 61.1 Å². The zero-order valence-corrected chi connectivity index (χ0v) is 19.8. The minimum Gasteiger partial charge on any atom is -0.461 e. The van der Waals surface area contributed by atoms with Crippen molar-refractivity contribution in [1.82, 2.24) is 5.32 Å². The van der Waals surface area contributed by atoms with Crippen LogP contribution < -0.4 is 10.6 Å². The van der Waals surface area contributed by atoms with E-state index in [2.05, 4.69) is 17.2 Å². The smallest absolute Gasteiger partial charge is 0.302 e. The lowest BCUT2D eigenvalue weighted by Gasteiger charge is -2.23. The molecule has 2 amide bonds. The van der Waals surface area contributed by atoms with Crippen molar-refractivity contribution in [3.8, 4) is 0 Å². The summed E-state index contributed by atoms with van der Waals surface area (Å²) in [4.78, 5) is 59.9. The minimum atomic E-state index is -0.745. The van der Waals surface area contributed by atoms with Gasteiger partial charge in [-0.05, 0) is 37.0 Å². The lowest BCUT2D eigenvalue weighted by Crippen LogP contribution is -2.45. The molecule has 0 aliphatic heterocycles. The Hall–Kier alpha value is -3.29. The molecule has 8 nitrogen and oxygen atoms in total. The van der Waals surface area contributed by atoms with Crippen LogP contribution in [0.4, 0.5) is 5.69 Å². The van der Waals surface area contributed by atoms with Gasteiger partial charge in [-0.25, -0.2) is 0 Å². The maximum atomic E-state index is 12.9. The van der Waals surface area contributed by atoms with Crippen molar-refractivity contribution >= 4 is 35.0 Å². The van der Waals surface area contributed by atoms with Gasteiger partial charge in [0.05, 0.1) is 6.04 Å². The Morgan fingerprint density at radius 3 is 2.18 bits per heavy atom. The van der Waals surface area contributed by atoms with Gasteiger partial charge in [-0.15, -0.1) is 6.58 Å². The summed E-state index contributed by atoms with van der Waals surface area (Å²) in [5.74, 6) is -2.24. The molecule has 0 aliphatic rings. The number of amides is 2. The van der Waals surface area contributed by atoms with Crippen LogP contribution in [0.1, 0.15) is 58.9 Å². The number of anilines is 1. The summed E-state index contributed by atoms with van der Waals surface area (Å²) in [6.45, 7) is 10.2. The number of Topliss-reactive ketones (excluding diaryl/α,β-unsaturated/α-hetero) is 2. The maximum absolute atomic E-state index is 12.9. The summed E-state index contributed by atoms with van der Waals surface area (Å²) in [5, 5.41) is 5.49. The number of hydrogen-bond acceptors (Lipinski definition) is 6. The number of rotatable bonds is 14. The number of esters is 1. The first-order chi connectivity index (χ1) is 15.5. The maximum Gasteiger partial charge on any atom is 0.302 e. The van der Waals surface area contributed by atoms with Gasteiger partial charge in [0.15, 0.2) is 5.78 Å². The van der Waals surface area contributed by atoms with Gasteiger partial charge in [-0.3, -0.25) is 19.2 Å². The summed E-state index contributed by atoms with van der Waals surface area (Å²) >= 11 is 0. The van der Waals surface area contributed by atoms with Gasteiger partial charge in [0.1, 0.15) is 12.4 Å². The number of hydrogen-bond donors (Lipinski definition) is 2. The highest BCUT2D eigenvalue weighted by atomic mass is 16.5. The van der Waals surface area contributed by atoms with E-state index in [4.69, 9.17) is 4.74 Å². The van der Waals surface area contributed by atoms with Crippen LogP contribution in [0, 0.1) is 11.8 Å². The number of carbonyl (C=O) groups is 5. The molecule has 0 heterocycles. The molecule has 33 heavy (non-hydrogen) atoms. The van der Waals surface area contributed by atoms with Crippen LogP contribution in [0.5, 0.6) is 0 Å². The molecule has 0 aliphatic carbocycles. The van der Waals surface area contributed by atoms with Gasteiger partial charge < -0.3 is 20.2 Å². The molecule has 180 valence electrons. The molecule has 2 atom stereocenters. The Balaban J connectivity index is 2.78. The molecule has 0 spiro atoms. The number of benzene rings is 1. The van der Waals surface area contributed by atoms with Crippen molar-refractivity contribution in [1.29, 1.82) is 0 Å². The molecule has 0 unspecified atom stereocenters. The topological polar surface area (TPSA) is 119 Å². The van der Waals surface area contributed by atoms with E-state index in [9.17, 15) is 24.0 Å². The molecule has 0 bridgehead atoms. The first-order valence-electron chi connectivity index (χ1n) is 11.0. The van der Waals surface area contributed by atoms with E-state index in [0.717, 1.165) is 5.56 Å². The molecule has 0 saturated carbocycles. The summed E-state index contributed by atoms with van der Waals surface area (Å²) in [5.41, 5.74) is 1.33. The monoisotopic (exact) mass is 458 g/mol. The van der Waals surface area contributed by atoms with E-state index in [0.29, 0.717) is 12.1 Å². The molecule has 0 saturated heterocycles. The highest BCUT2D eigenvalue weighted by Gasteiger charge is 2.29. The third kappa shape index (κ3) is 10.7. The van der Waals surface area contributed by atoms with Crippen LogP contribution in [0.15, 0.2) is 36.9 Å². The van der Waals surface area contributed by atoms with Gasteiger partial charge in [0.25, 0.3) is 0 Å². The average Bonchev–Trinajstić information content (AvgIpc) is 2.74. The first-order valence-corrected chi connectivity index (χ1v) is 11.0. The van der Waals surface area contributed by atoms with Gasteiger partial charge >= 0.3 is 5.97 Å². The zero-order chi connectivity index (χ0) is 25.0. The van der Waals surface area contributed by atoms with Gasteiger partial charge in [0.2, 0.25) is 11.8 Å². The molecular formula is C25H34N2O6. The number of allylic oxidation sites excluding steroid dienone is 1. The van der Waals surface area contributed by atoms with Crippen molar-refractivity contribution < 1.29 is 28.7 Å². The molecular weight excluding hydrogens is 424 g/mol. The minimum absolute atomic E-state index is 0.0237. The second-order valence-corrected chi connectivity index (χ2v) is 8.35. The Morgan fingerprint density at radius 1 is 1.03 bits per heavy atom. The van der Waals surface area contributed by atoms with Crippen LogP contribution in [-0.2, 0) is 35.3 Å². The van der Waals surface area contributed by atoms with Crippen molar-refractivity contribution in [3.05, 3.63) is 42.5 Å². The highest BCUT2D eigenvalue weighted by molar-refractivity contribution is 5.97. The number of ether oxygens (including phenoxy) is 1. The molecule has 0 radical (unpaired) electrons. The number of carbonyl (C=O) groups excluding carboxylic acids is 5. The van der Waals surface area contributed by atoms with Crippen LogP contribution in [0.25, 0.3) is 0 Å². The second kappa shape index (κ2) is 14.0. The normalized spacial score (nSPS) is 12.4. The quantitative estimate of drug-likeness (QED) is 0.326. The lowest BCUT2D eigenvalue weighted by molar-refractivity contribution is -0.142. The predicted octanol–water partition coefficient (Wildman–Crippen LogP) is 3.35. The third-order valence-corrected chi connectivity index (χ3v) is 4.97. The summed E-state index contributed by atoms with van der Waals surface area (Å²) in [6.07, 6.45) is 1.96. The van der Waals surface area contributed by atoms with E-state index in [1.165, 1.54) is 13.8 Å². The van der Waals surface area contributed by atoms with Crippen LogP contribution in [-0.4, -0.2) is 35.4 Å². The largest absolute Gasteiger partial charge is 0.461 e. The van der Waals surface area contributed by atoms with Crippen molar-refractivity contribution in [2.75, 3.05) is 5.32 Å². The SMILES string of the molecule is C=CC[C@H](CC(=O)[C@@H](NC(=O)CCC(C)=O)C(C)C)C(=O)Nc1ccc(COC(C)=O)cc1. The summed E-state index contributed by atoms with van der Waals surface area (Å²) in [7, 11) is 0. The lowest BCUT2D eigenvalue weighted by atomic mass is 9.90. The van der Waals surface area contributed by atoms with Crippen LogP contribution in [0.3, 0.4) is 0 Å². The van der Waals surface area contributed by atoms with Crippen LogP contribution in [0.2, 0.25) is 0 Å². The van der Waals surface area contributed by atoms with Crippen molar-refractivity contribution in [2.45, 2.75) is 66.0 Å². The zero-order valence-electron chi connectivity index (χ0n) is 19.8. The predicted molar refractivity (Wildman–Crippen MR) is 125 cm³/mol. The van der Waals surface area contributed by atoms with Crippen molar-refractivity contribution in [2.24, 2.45) is 11.8 Å². The van der Waals surface area contributed by atoms with E-state index < -0.39 is 12.0 Å². The Labute approximate surface area is 195 Å². The molecule has 0 aromatic heterocycles. The Morgan fingerprint density at radius 2 is 1.67 bits per heavy atom. The molecule has 8 heteroatoms. The fourth-order valence-corrected chi connectivity index (χ4v) is 3.12. The van der Waals surface area contributed by atoms with E-state index >= 15 is 0 Å². The fraction of sp³-hybridized carbons (Fsp3) is 0.480. The molecule has 2 N–H and O–H groups in total. The standard InChI is InChI=1S/C25H34N2O6/c1-6-7-20(14-22(30)24(16(2)3)27-23(31)13-8-17(4)28)25(32)26-21-11-9-19(10-12-21)15-33-18(5)29/h6,9-12,16,20,24H,1,7-8,13-15H2,2-5H3,(H,26,32)(H,27,31)/t20-,24+/m1/s1. The first kappa shape index (κ1) is 27.7. The number of ketones is 2. The molecule has 1 aromatic carbocycles. The van der Waals surface area contributed by atoms with Gasteiger partial charge in [0, 0.05) is 37.8 Å². The molecule has 1 rings (SSSR count). The van der Waals surface area contributed by atoms with E-state index in [1.54, 1.807) is 30.3 Å². The molecule has 0 fully saturated rings. The van der Waals surface area contributed by atoms with Gasteiger partial charge in [-0.1, -0.05) is 32.1 Å². The summed E-state index contributed by atoms with van der Waals surface area (Å²) in [6, 6.07) is 6.10. The third-order valence-electron chi connectivity index (χ3n) is 4.97. The van der Waals surface area contributed by atoms with E-state index in [1.807, 2.05) is 13.8 Å². The second-order valence-electron chi connectivity index (χ2n) is 8.35. The number of nitrogens with one attached hydrogen (secondary N) is 2. The fourth-order valence-electron chi connectivity index (χ4n) is 3.12. The Bertz CT molecular complexity index is 860. The highest BCUT2D eigenvalue weighted by Crippen LogP contribution is 2.18. The Kier molecular flexibility index (Phi) is 11.8. The van der Waals surface area contributed by atoms with Gasteiger partial charge in [-0.2, -0.15) is 0 Å². The van der Waals surface area contributed by atoms with Crippen molar-refractivity contribution in [3.63, 3.8) is 0 Å². The van der Waals surface area contributed by atoms with Crippen LogP contribution >= 0.6 is 0 Å². The average molecular weight is 459 g/mol.